The molecule has 1 aliphatic carbocycles. The number of amides is 2. The number of carbonyl (C=O) groups excluding carboxylic acids is 3. The Bertz CT molecular complexity index is 882. The number of rotatable bonds is 10. The van der Waals surface area contributed by atoms with Gasteiger partial charge in [-0.3, -0.25) is 19.7 Å². The average molecular weight is 474 g/mol. The largest absolute Gasteiger partial charge is 0.465 e. The van der Waals surface area contributed by atoms with Crippen LogP contribution in [0.3, 0.4) is 0 Å². The zero-order chi connectivity index (χ0) is 24.5. The van der Waals surface area contributed by atoms with Crippen molar-refractivity contribution in [3.63, 3.8) is 0 Å². The third-order valence-electron chi connectivity index (χ3n) is 6.59. The molecule has 1 aromatic rings. The molecule has 2 amide bonds. The molecule has 34 heavy (non-hydrogen) atoms. The van der Waals surface area contributed by atoms with Crippen molar-refractivity contribution < 1.29 is 24.3 Å². The fourth-order valence-corrected chi connectivity index (χ4v) is 4.59. The molecule has 1 heterocycles. The summed E-state index contributed by atoms with van der Waals surface area (Å²) in [5.41, 5.74) is 7.01. The number of likely N-dealkylation sites (tertiary alicyclic amines) is 1. The van der Waals surface area contributed by atoms with Gasteiger partial charge in [0.15, 0.2) is 5.84 Å². The molecule has 1 saturated heterocycles. The average Bonchev–Trinajstić information content (AvgIpc) is 2.83. The maximum absolute atomic E-state index is 13.4. The van der Waals surface area contributed by atoms with Crippen LogP contribution in [0.25, 0.3) is 0 Å². The number of ether oxygens (including phenoxy) is 1. The predicted octanol–water partition coefficient (Wildman–Crippen LogP) is 1.10. The van der Waals surface area contributed by atoms with Crippen LogP contribution >= 0.6 is 0 Å². The lowest BCUT2D eigenvalue weighted by molar-refractivity contribution is -0.151. The van der Waals surface area contributed by atoms with Crippen LogP contribution in [0.4, 0.5) is 0 Å². The van der Waals surface area contributed by atoms with Crippen molar-refractivity contribution in [2.45, 2.75) is 64.1 Å². The highest BCUT2D eigenvalue weighted by Gasteiger charge is 2.42. The van der Waals surface area contributed by atoms with Gasteiger partial charge in [0.1, 0.15) is 6.04 Å². The van der Waals surface area contributed by atoms with Gasteiger partial charge in [-0.15, -0.1) is 0 Å². The smallest absolute Gasteiger partial charge is 0.319 e. The monoisotopic (exact) mass is 473 g/mol. The van der Waals surface area contributed by atoms with E-state index in [0.717, 1.165) is 37.7 Å². The first-order valence-corrected chi connectivity index (χ1v) is 12.0. The second kappa shape index (κ2) is 12.4. The van der Waals surface area contributed by atoms with Crippen molar-refractivity contribution in [3.8, 4) is 0 Å². The maximum atomic E-state index is 13.4. The van der Waals surface area contributed by atoms with Crippen LogP contribution in [0.5, 0.6) is 0 Å². The van der Waals surface area contributed by atoms with E-state index in [1.54, 1.807) is 36.1 Å². The highest BCUT2D eigenvalue weighted by Crippen LogP contribution is 2.29. The van der Waals surface area contributed by atoms with Gasteiger partial charge in [-0.2, -0.15) is 0 Å². The summed E-state index contributed by atoms with van der Waals surface area (Å²) in [6.07, 6.45) is 5.75. The molecule has 10 heteroatoms. The lowest BCUT2D eigenvalue weighted by atomic mass is 9.82. The van der Waals surface area contributed by atoms with E-state index >= 15 is 0 Å². The molecule has 2 fully saturated rings. The Morgan fingerprint density at radius 3 is 2.47 bits per heavy atom. The topological polar surface area (TPSA) is 146 Å². The van der Waals surface area contributed by atoms with Crippen LogP contribution in [0.2, 0.25) is 0 Å². The highest BCUT2D eigenvalue weighted by atomic mass is 16.5. The lowest BCUT2D eigenvalue weighted by Gasteiger charge is -2.43. The molecule has 3 rings (SSSR count). The standard InChI is InChI=1S/C24H35N5O5/c1-2-34-20(30)15-26-21(17-6-4-3-5-7-17)24(32)29-13-12-19(29)23(31)27-14-16-8-10-18(11-9-16)22(25)28-33/h8-11,17,19,21,26,33H,2-7,12-15H2,1H3,(H2,25,28)(H,27,31)/t19-,21-/m0/s1. The fraction of sp³-hybridized carbons (Fsp3) is 0.583. The Hall–Kier alpha value is -3.14. The molecule has 2 atom stereocenters. The van der Waals surface area contributed by atoms with E-state index < -0.39 is 12.1 Å². The minimum absolute atomic E-state index is 0.0169. The molecule has 1 aromatic carbocycles. The quantitative estimate of drug-likeness (QED) is 0.131. The molecule has 0 aromatic heterocycles. The first-order chi connectivity index (χ1) is 16.4. The molecule has 10 nitrogen and oxygen atoms in total. The summed E-state index contributed by atoms with van der Waals surface area (Å²) < 4.78 is 5.00. The van der Waals surface area contributed by atoms with E-state index in [0.29, 0.717) is 31.7 Å². The van der Waals surface area contributed by atoms with E-state index in [9.17, 15) is 14.4 Å². The summed E-state index contributed by atoms with van der Waals surface area (Å²) in [5.74, 6) is -0.539. The van der Waals surface area contributed by atoms with Crippen molar-refractivity contribution in [2.24, 2.45) is 16.8 Å². The van der Waals surface area contributed by atoms with Crippen LogP contribution in [0.15, 0.2) is 29.4 Å². The van der Waals surface area contributed by atoms with E-state index in [1.165, 1.54) is 0 Å². The summed E-state index contributed by atoms with van der Waals surface area (Å²) in [6, 6.07) is 5.98. The number of benzene rings is 1. The van der Waals surface area contributed by atoms with Gasteiger partial charge in [-0.05, 0) is 37.7 Å². The molecular weight excluding hydrogens is 438 g/mol. The van der Waals surface area contributed by atoms with E-state index in [1.807, 2.05) is 0 Å². The van der Waals surface area contributed by atoms with Crippen molar-refractivity contribution >= 4 is 23.6 Å². The Kier molecular flexibility index (Phi) is 9.26. The number of amidine groups is 1. The zero-order valence-corrected chi connectivity index (χ0v) is 19.7. The van der Waals surface area contributed by atoms with E-state index in [2.05, 4.69) is 15.8 Å². The zero-order valence-electron chi connectivity index (χ0n) is 19.7. The first kappa shape index (κ1) is 25.5. The summed E-state index contributed by atoms with van der Waals surface area (Å²) in [5, 5.41) is 17.7. The van der Waals surface area contributed by atoms with Crippen LogP contribution < -0.4 is 16.4 Å². The third-order valence-corrected chi connectivity index (χ3v) is 6.59. The molecule has 1 saturated carbocycles. The van der Waals surface area contributed by atoms with E-state index in [-0.39, 0.29) is 36.1 Å². The second-order valence-corrected chi connectivity index (χ2v) is 8.80. The molecule has 1 aliphatic heterocycles. The summed E-state index contributed by atoms with van der Waals surface area (Å²) in [7, 11) is 0. The van der Waals surface area contributed by atoms with Gasteiger partial charge >= 0.3 is 5.97 Å². The van der Waals surface area contributed by atoms with Crippen molar-refractivity contribution in [3.05, 3.63) is 35.4 Å². The van der Waals surface area contributed by atoms with Gasteiger partial charge in [-0.25, -0.2) is 0 Å². The Labute approximate surface area is 199 Å². The molecule has 0 spiro atoms. The maximum Gasteiger partial charge on any atom is 0.319 e. The molecule has 5 N–H and O–H groups in total. The summed E-state index contributed by atoms with van der Waals surface area (Å²) >= 11 is 0. The van der Waals surface area contributed by atoms with Gasteiger partial charge in [0.25, 0.3) is 0 Å². The molecule has 0 unspecified atom stereocenters. The van der Waals surface area contributed by atoms with Gasteiger partial charge < -0.3 is 25.9 Å². The number of hydrogen-bond donors (Lipinski definition) is 4. The minimum Gasteiger partial charge on any atom is -0.465 e. The lowest BCUT2D eigenvalue weighted by Crippen LogP contribution is -2.63. The van der Waals surface area contributed by atoms with Crippen LogP contribution in [0, 0.1) is 5.92 Å². The highest BCUT2D eigenvalue weighted by molar-refractivity contribution is 5.97. The number of nitrogens with zero attached hydrogens (tertiary/aromatic N) is 2. The predicted molar refractivity (Wildman–Crippen MR) is 126 cm³/mol. The summed E-state index contributed by atoms with van der Waals surface area (Å²) in [4.78, 5) is 39.7. The third kappa shape index (κ3) is 6.47. The Morgan fingerprint density at radius 1 is 1.18 bits per heavy atom. The Morgan fingerprint density at radius 2 is 1.88 bits per heavy atom. The molecule has 0 bridgehead atoms. The number of nitrogens with one attached hydrogen (secondary N) is 2. The number of esters is 1. The van der Waals surface area contributed by atoms with Gasteiger partial charge in [-0.1, -0.05) is 48.7 Å². The Balaban J connectivity index is 1.58. The van der Waals surface area contributed by atoms with Crippen LogP contribution in [-0.2, 0) is 25.7 Å². The molecular formula is C24H35N5O5. The number of carbonyl (C=O) groups is 3. The molecule has 0 radical (unpaired) electrons. The molecule has 186 valence electrons. The van der Waals surface area contributed by atoms with Gasteiger partial charge in [0.2, 0.25) is 11.8 Å². The SMILES string of the molecule is CCOC(=O)CN[C@H](C(=O)N1CC[C@H]1C(=O)NCc1ccc(/C(N)=N\O)cc1)C1CCCCC1. The normalized spacial score (nSPS) is 19.7. The number of hydrogen-bond acceptors (Lipinski definition) is 7. The van der Waals surface area contributed by atoms with Crippen LogP contribution in [0.1, 0.15) is 56.6 Å². The van der Waals surface area contributed by atoms with Gasteiger partial charge in [0.05, 0.1) is 19.2 Å². The first-order valence-electron chi connectivity index (χ1n) is 12.0. The van der Waals surface area contributed by atoms with Crippen molar-refractivity contribution in [2.75, 3.05) is 19.7 Å². The van der Waals surface area contributed by atoms with Crippen LogP contribution in [-0.4, -0.2) is 65.5 Å². The van der Waals surface area contributed by atoms with Gasteiger partial charge in [0, 0.05) is 18.7 Å². The fourth-order valence-electron chi connectivity index (χ4n) is 4.59. The van der Waals surface area contributed by atoms with Crippen molar-refractivity contribution in [1.82, 2.24) is 15.5 Å². The second-order valence-electron chi connectivity index (χ2n) is 8.80. The number of oxime groups is 1. The number of nitrogens with two attached hydrogens (primary N) is 1. The minimum atomic E-state index is -0.514. The molecule has 2 aliphatic rings. The van der Waals surface area contributed by atoms with E-state index in [4.69, 9.17) is 15.7 Å². The summed E-state index contributed by atoms with van der Waals surface area (Å²) in [6.45, 7) is 2.85. The van der Waals surface area contributed by atoms with Crippen molar-refractivity contribution in [1.29, 1.82) is 0 Å².